The number of nitrogens with one attached hydrogen (secondary N) is 2. The van der Waals surface area contributed by atoms with E-state index in [1.807, 2.05) is 5.32 Å². The van der Waals surface area contributed by atoms with Crippen LogP contribution in [0.1, 0.15) is 0 Å². The quantitative estimate of drug-likeness (QED) is 0.371. The van der Waals surface area contributed by atoms with Gasteiger partial charge in [0.15, 0.2) is 0 Å². The Hall–Kier alpha value is -1.03. The van der Waals surface area contributed by atoms with Crippen molar-refractivity contribution in [1.82, 2.24) is 10.6 Å². The Morgan fingerprint density at radius 1 is 1.33 bits per heavy atom. The second kappa shape index (κ2) is 2.06. The van der Waals surface area contributed by atoms with Crippen molar-refractivity contribution in [1.29, 1.82) is 0 Å². The summed E-state index contributed by atoms with van der Waals surface area (Å²) >= 11 is 5.13. The van der Waals surface area contributed by atoms with Gasteiger partial charge < -0.3 is 5.32 Å². The molecule has 1 aliphatic heterocycles. The maximum atomic E-state index is 10.5. The van der Waals surface area contributed by atoms with Crippen LogP contribution in [0.3, 0.4) is 0 Å². The summed E-state index contributed by atoms with van der Waals surface area (Å²) in [4.78, 5) is 20.7. The number of carbonyl (C=O) groups excluding carboxylic acids is 2. The largest absolute Gasteiger partial charge is 0.326 e. The first-order valence-electron chi connectivity index (χ1n) is 2.17. The predicted molar refractivity (Wildman–Crippen MR) is 30.6 cm³/mol. The third-order valence-electron chi connectivity index (χ3n) is 0.829. The lowest BCUT2D eigenvalue weighted by Gasteiger charge is -1.83. The molecule has 0 atom stereocenters. The van der Waals surface area contributed by atoms with Crippen LogP contribution in [0.25, 0.3) is 0 Å². The molecule has 5 heteroatoms. The minimum Gasteiger partial charge on any atom is -0.302 e. The molecule has 48 valence electrons. The Labute approximate surface area is 55.9 Å². The molecular weight excluding hydrogens is 144 g/mol. The van der Waals surface area contributed by atoms with Gasteiger partial charge in [-0.1, -0.05) is 11.6 Å². The van der Waals surface area contributed by atoms with Gasteiger partial charge in [-0.15, -0.1) is 0 Å². The molecule has 3 amide bonds. The van der Waals surface area contributed by atoms with Crippen molar-refractivity contribution < 1.29 is 9.59 Å². The van der Waals surface area contributed by atoms with E-state index in [-0.39, 0.29) is 5.70 Å². The predicted octanol–water partition coefficient (Wildman–Crippen LogP) is -0.0940. The molecule has 1 rings (SSSR count). The summed E-state index contributed by atoms with van der Waals surface area (Å²) in [6.07, 6.45) is 0. The number of amides is 3. The average Bonchev–Trinajstić information content (AvgIpc) is 2.10. The first kappa shape index (κ1) is 6.10. The number of carbonyl (C=O) groups is 2. The van der Waals surface area contributed by atoms with Gasteiger partial charge >= 0.3 is 6.03 Å². The molecule has 2 N–H and O–H groups in total. The van der Waals surface area contributed by atoms with Gasteiger partial charge in [0.25, 0.3) is 5.91 Å². The van der Waals surface area contributed by atoms with Crippen LogP contribution in [0.15, 0.2) is 11.2 Å². The Morgan fingerprint density at radius 2 is 2.00 bits per heavy atom. The molecule has 0 aromatic carbocycles. The molecule has 0 aliphatic carbocycles. The second-order valence-corrected chi connectivity index (χ2v) is 1.65. The highest BCUT2D eigenvalue weighted by Crippen LogP contribution is 1.97. The van der Waals surface area contributed by atoms with Crippen LogP contribution in [-0.4, -0.2) is 11.9 Å². The summed E-state index contributed by atoms with van der Waals surface area (Å²) < 4.78 is 0. The summed E-state index contributed by atoms with van der Waals surface area (Å²) in [6, 6.07) is -0.535. The van der Waals surface area contributed by atoms with Crippen molar-refractivity contribution in [3.63, 3.8) is 0 Å². The Kier molecular flexibility index (Phi) is 1.40. The minimum absolute atomic E-state index is 0.0849. The Balaban J connectivity index is 2.81. The molecule has 0 spiro atoms. The lowest BCUT2D eigenvalue weighted by atomic mass is 10.5. The summed E-state index contributed by atoms with van der Waals surface area (Å²) in [6.45, 7) is 0. The molecule has 1 heterocycles. The minimum atomic E-state index is -0.535. The van der Waals surface area contributed by atoms with E-state index in [0.717, 1.165) is 5.54 Å². The molecule has 0 radical (unpaired) electrons. The second-order valence-electron chi connectivity index (χ2n) is 1.43. The van der Waals surface area contributed by atoms with E-state index >= 15 is 0 Å². The zero-order chi connectivity index (χ0) is 6.85. The normalized spacial score (nSPS) is 22.1. The molecule has 4 nitrogen and oxygen atoms in total. The van der Waals surface area contributed by atoms with Crippen LogP contribution in [-0.2, 0) is 4.79 Å². The van der Waals surface area contributed by atoms with Crippen molar-refractivity contribution >= 4 is 23.5 Å². The highest BCUT2D eigenvalue weighted by Gasteiger charge is 2.21. The van der Waals surface area contributed by atoms with Crippen LogP contribution >= 0.6 is 11.6 Å². The van der Waals surface area contributed by atoms with Gasteiger partial charge in [-0.05, 0) is 0 Å². The molecular formula is C4H3ClN2O2. The van der Waals surface area contributed by atoms with Gasteiger partial charge in [0.05, 0.1) is 0 Å². The van der Waals surface area contributed by atoms with Crippen LogP contribution in [0, 0.1) is 0 Å². The van der Waals surface area contributed by atoms with E-state index in [9.17, 15) is 9.59 Å². The molecule has 0 bridgehead atoms. The maximum Gasteiger partial charge on any atom is 0.326 e. The van der Waals surface area contributed by atoms with E-state index in [1.165, 1.54) is 0 Å². The SMILES string of the molecule is O=C1NC(=O)/C(=C/Cl)N1. The van der Waals surface area contributed by atoms with Gasteiger partial charge in [-0.3, -0.25) is 10.1 Å². The van der Waals surface area contributed by atoms with Crippen LogP contribution in [0.5, 0.6) is 0 Å². The number of rotatable bonds is 0. The van der Waals surface area contributed by atoms with Crippen molar-refractivity contribution in [3.8, 4) is 0 Å². The van der Waals surface area contributed by atoms with E-state index in [1.54, 1.807) is 0 Å². The Bertz CT molecular complexity index is 199. The molecule has 0 aromatic heterocycles. The lowest BCUT2D eigenvalue weighted by Crippen LogP contribution is -2.22. The number of imide groups is 1. The van der Waals surface area contributed by atoms with Gasteiger partial charge in [0.1, 0.15) is 5.70 Å². The zero-order valence-electron chi connectivity index (χ0n) is 4.27. The fraction of sp³-hybridized carbons (Fsp3) is 0. The molecule has 0 aromatic rings. The Morgan fingerprint density at radius 3 is 2.22 bits per heavy atom. The van der Waals surface area contributed by atoms with Crippen molar-refractivity contribution in [2.75, 3.05) is 0 Å². The fourth-order valence-electron chi connectivity index (χ4n) is 0.458. The van der Waals surface area contributed by atoms with E-state index in [0.29, 0.717) is 0 Å². The number of urea groups is 1. The topological polar surface area (TPSA) is 58.2 Å². The van der Waals surface area contributed by atoms with Gasteiger partial charge in [-0.25, -0.2) is 4.79 Å². The standard InChI is InChI=1S/C4H3ClN2O2/c5-1-2-3(8)7-4(9)6-2/h1H,(H2,6,7,8,9)/b2-1-. The summed E-state index contributed by atoms with van der Waals surface area (Å²) in [5, 5.41) is 4.16. The van der Waals surface area contributed by atoms with Crippen molar-refractivity contribution in [2.45, 2.75) is 0 Å². The van der Waals surface area contributed by atoms with Crippen LogP contribution in [0.4, 0.5) is 4.79 Å². The first-order chi connectivity index (χ1) is 4.24. The van der Waals surface area contributed by atoms with E-state index in [2.05, 4.69) is 5.32 Å². The number of hydrogen-bond donors (Lipinski definition) is 2. The third-order valence-corrected chi connectivity index (χ3v) is 1.05. The maximum absolute atomic E-state index is 10.5. The zero-order valence-corrected chi connectivity index (χ0v) is 5.03. The lowest BCUT2D eigenvalue weighted by molar-refractivity contribution is -0.115. The summed E-state index contributed by atoms with van der Waals surface area (Å²) in [5.41, 5.74) is 1.10. The molecule has 9 heavy (non-hydrogen) atoms. The van der Waals surface area contributed by atoms with Crippen LogP contribution in [0.2, 0.25) is 0 Å². The molecule has 0 saturated carbocycles. The monoisotopic (exact) mass is 146 g/mol. The molecule has 1 fully saturated rings. The number of halogens is 1. The fourth-order valence-corrected chi connectivity index (χ4v) is 0.611. The third kappa shape index (κ3) is 1.02. The summed E-state index contributed by atoms with van der Waals surface area (Å²) in [5.74, 6) is -0.491. The first-order valence-corrected chi connectivity index (χ1v) is 2.60. The smallest absolute Gasteiger partial charge is 0.302 e. The van der Waals surface area contributed by atoms with E-state index < -0.39 is 11.9 Å². The molecule has 1 aliphatic rings. The summed E-state index contributed by atoms with van der Waals surface area (Å²) in [7, 11) is 0. The highest BCUT2D eigenvalue weighted by atomic mass is 35.5. The average molecular weight is 147 g/mol. The van der Waals surface area contributed by atoms with Gasteiger partial charge in [0, 0.05) is 5.54 Å². The van der Waals surface area contributed by atoms with Crippen molar-refractivity contribution in [3.05, 3.63) is 11.2 Å². The van der Waals surface area contributed by atoms with Crippen LogP contribution < -0.4 is 10.6 Å². The van der Waals surface area contributed by atoms with Gasteiger partial charge in [-0.2, -0.15) is 0 Å². The molecule has 1 saturated heterocycles. The number of hydrogen-bond acceptors (Lipinski definition) is 2. The van der Waals surface area contributed by atoms with Gasteiger partial charge in [0.2, 0.25) is 0 Å². The molecule has 0 unspecified atom stereocenters. The highest BCUT2D eigenvalue weighted by molar-refractivity contribution is 6.29. The van der Waals surface area contributed by atoms with Crippen molar-refractivity contribution in [2.24, 2.45) is 0 Å². The van der Waals surface area contributed by atoms with E-state index in [4.69, 9.17) is 11.6 Å².